The van der Waals surface area contributed by atoms with Crippen LogP contribution in [0.1, 0.15) is 57.7 Å². The van der Waals surface area contributed by atoms with Gasteiger partial charge < -0.3 is 10.2 Å². The molecule has 0 bridgehead atoms. The number of para-hydroxylation sites is 1. The number of fused-ring (bicyclic) bond motifs is 1. The second kappa shape index (κ2) is 9.58. The first-order valence-electron chi connectivity index (χ1n) is 11.1. The Morgan fingerprint density at radius 1 is 0.938 bits per heavy atom. The molecule has 1 aliphatic heterocycles. The molecular weight excluding hydrogens is 420 g/mol. The predicted octanol–water partition coefficient (Wildman–Crippen LogP) is 6.31. The van der Waals surface area contributed by atoms with E-state index in [-0.39, 0.29) is 11.8 Å². The number of benzene rings is 3. The maximum absolute atomic E-state index is 13.1. The quantitative estimate of drug-likeness (QED) is 0.499. The van der Waals surface area contributed by atoms with Gasteiger partial charge in [-0.05, 0) is 78.8 Å². The van der Waals surface area contributed by atoms with Gasteiger partial charge in [-0.2, -0.15) is 0 Å². The highest BCUT2D eigenvalue weighted by Gasteiger charge is 2.25. The summed E-state index contributed by atoms with van der Waals surface area (Å²) < 4.78 is 0. The van der Waals surface area contributed by atoms with E-state index in [1.165, 1.54) is 0 Å². The smallest absolute Gasteiger partial charge is 0.258 e. The van der Waals surface area contributed by atoms with Crippen molar-refractivity contribution in [2.45, 2.75) is 39.5 Å². The molecule has 0 saturated heterocycles. The zero-order valence-electron chi connectivity index (χ0n) is 18.5. The van der Waals surface area contributed by atoms with Crippen LogP contribution in [0.3, 0.4) is 0 Å². The lowest BCUT2D eigenvalue weighted by Gasteiger charge is -2.30. The van der Waals surface area contributed by atoms with E-state index in [4.69, 9.17) is 11.6 Å². The monoisotopic (exact) mass is 446 g/mol. The van der Waals surface area contributed by atoms with Crippen LogP contribution in [-0.2, 0) is 19.3 Å². The number of anilines is 2. The van der Waals surface area contributed by atoms with Crippen LogP contribution in [0.15, 0.2) is 60.7 Å². The third-order valence-corrected chi connectivity index (χ3v) is 6.25. The van der Waals surface area contributed by atoms with Gasteiger partial charge in [0.2, 0.25) is 0 Å². The highest BCUT2D eigenvalue weighted by atomic mass is 35.5. The Bertz CT molecular complexity index is 1150. The van der Waals surface area contributed by atoms with Crippen LogP contribution in [0.5, 0.6) is 0 Å². The lowest BCUT2D eigenvalue weighted by Crippen LogP contribution is -2.35. The molecule has 0 fully saturated rings. The predicted molar refractivity (Wildman–Crippen MR) is 131 cm³/mol. The summed E-state index contributed by atoms with van der Waals surface area (Å²) in [5.41, 5.74) is 6.23. The van der Waals surface area contributed by atoms with Crippen LogP contribution < -0.4 is 10.2 Å². The van der Waals surface area contributed by atoms with Crippen molar-refractivity contribution in [2.24, 2.45) is 0 Å². The normalized spacial score (nSPS) is 12.9. The van der Waals surface area contributed by atoms with E-state index in [2.05, 4.69) is 31.3 Å². The topological polar surface area (TPSA) is 49.4 Å². The Hall–Kier alpha value is -3.11. The molecule has 0 spiro atoms. The van der Waals surface area contributed by atoms with E-state index in [0.29, 0.717) is 22.7 Å². The third kappa shape index (κ3) is 4.42. The van der Waals surface area contributed by atoms with Crippen LogP contribution >= 0.6 is 11.6 Å². The first-order valence-corrected chi connectivity index (χ1v) is 11.5. The van der Waals surface area contributed by atoms with Crippen LogP contribution in [0.2, 0.25) is 5.02 Å². The Balaban J connectivity index is 1.60. The molecule has 164 valence electrons. The summed E-state index contributed by atoms with van der Waals surface area (Å²) in [6.07, 6.45) is 3.40. The Morgan fingerprint density at radius 2 is 1.66 bits per heavy atom. The summed E-state index contributed by atoms with van der Waals surface area (Å²) in [6.45, 7) is 4.83. The van der Waals surface area contributed by atoms with Crippen molar-refractivity contribution in [3.05, 3.63) is 93.5 Å². The van der Waals surface area contributed by atoms with Gasteiger partial charge in [-0.25, -0.2) is 0 Å². The van der Waals surface area contributed by atoms with Crippen LogP contribution in [-0.4, -0.2) is 18.4 Å². The molecule has 3 aromatic rings. The number of rotatable bonds is 5. The molecular formula is C27H27ClN2O2. The molecule has 32 heavy (non-hydrogen) atoms. The number of halogens is 1. The molecule has 0 saturated carbocycles. The number of amides is 2. The van der Waals surface area contributed by atoms with Crippen LogP contribution in [0.4, 0.5) is 11.4 Å². The van der Waals surface area contributed by atoms with Gasteiger partial charge in [-0.1, -0.05) is 49.7 Å². The first-order chi connectivity index (χ1) is 15.5. The summed E-state index contributed by atoms with van der Waals surface area (Å²) in [4.78, 5) is 28.0. The van der Waals surface area contributed by atoms with Crippen molar-refractivity contribution in [3.63, 3.8) is 0 Å². The van der Waals surface area contributed by atoms with Gasteiger partial charge in [-0.15, -0.1) is 0 Å². The van der Waals surface area contributed by atoms with Crippen LogP contribution in [0, 0.1) is 0 Å². The standard InChI is InChI=1S/C27H27ClN2O2/c1-3-18-8-5-9-19(4-2)25(18)29-26(31)21-13-14-24-20(16-21)11-7-15-30(24)27(32)22-10-6-12-23(28)17-22/h5-6,8-10,12-14,16-17H,3-4,7,11,15H2,1-2H3,(H,29,31). The van der Waals surface area contributed by atoms with Crippen molar-refractivity contribution in [3.8, 4) is 0 Å². The Kier molecular flexibility index (Phi) is 6.61. The second-order valence-electron chi connectivity index (χ2n) is 8.03. The second-order valence-corrected chi connectivity index (χ2v) is 8.46. The van der Waals surface area contributed by atoms with E-state index in [1.54, 1.807) is 35.2 Å². The lowest BCUT2D eigenvalue weighted by molar-refractivity contribution is 0.0984. The molecule has 1 N–H and O–H groups in total. The van der Waals surface area contributed by atoms with Gasteiger partial charge in [0, 0.05) is 34.1 Å². The fourth-order valence-corrected chi connectivity index (χ4v) is 4.51. The van der Waals surface area contributed by atoms with Crippen LogP contribution in [0.25, 0.3) is 0 Å². The van der Waals surface area contributed by atoms with Gasteiger partial charge in [0.25, 0.3) is 11.8 Å². The molecule has 4 rings (SSSR count). The molecule has 1 aliphatic rings. The van der Waals surface area contributed by atoms with Crippen molar-refractivity contribution in [2.75, 3.05) is 16.8 Å². The number of nitrogens with one attached hydrogen (secondary N) is 1. The number of hydrogen-bond acceptors (Lipinski definition) is 2. The minimum atomic E-state index is -0.123. The Morgan fingerprint density at radius 3 is 2.34 bits per heavy atom. The highest BCUT2D eigenvalue weighted by Crippen LogP contribution is 2.31. The summed E-state index contributed by atoms with van der Waals surface area (Å²) in [7, 11) is 0. The summed E-state index contributed by atoms with van der Waals surface area (Å²) in [6, 6.07) is 18.8. The molecule has 0 radical (unpaired) electrons. The van der Waals surface area contributed by atoms with Gasteiger partial charge in [0.15, 0.2) is 0 Å². The maximum Gasteiger partial charge on any atom is 0.258 e. The number of aryl methyl sites for hydroxylation is 3. The van der Waals surface area contributed by atoms with Gasteiger partial charge >= 0.3 is 0 Å². The third-order valence-electron chi connectivity index (χ3n) is 6.01. The molecule has 4 nitrogen and oxygen atoms in total. The first kappa shape index (κ1) is 22.1. The fourth-order valence-electron chi connectivity index (χ4n) is 4.32. The van der Waals surface area contributed by atoms with E-state index in [9.17, 15) is 9.59 Å². The zero-order valence-corrected chi connectivity index (χ0v) is 19.2. The molecule has 0 aliphatic carbocycles. The van der Waals surface area contributed by atoms with E-state index in [0.717, 1.165) is 53.7 Å². The average Bonchev–Trinajstić information content (AvgIpc) is 2.82. The minimum Gasteiger partial charge on any atom is -0.321 e. The summed E-state index contributed by atoms with van der Waals surface area (Å²) in [5.74, 6) is -0.197. The van der Waals surface area contributed by atoms with Gasteiger partial charge in [-0.3, -0.25) is 9.59 Å². The molecule has 1 heterocycles. The summed E-state index contributed by atoms with van der Waals surface area (Å²) >= 11 is 6.08. The van der Waals surface area contributed by atoms with Gasteiger partial charge in [0.1, 0.15) is 0 Å². The zero-order chi connectivity index (χ0) is 22.7. The molecule has 5 heteroatoms. The largest absolute Gasteiger partial charge is 0.321 e. The highest BCUT2D eigenvalue weighted by molar-refractivity contribution is 6.31. The Labute approximate surface area is 194 Å². The van der Waals surface area contributed by atoms with Crippen molar-refractivity contribution in [1.82, 2.24) is 0 Å². The van der Waals surface area contributed by atoms with E-state index >= 15 is 0 Å². The van der Waals surface area contributed by atoms with E-state index < -0.39 is 0 Å². The molecule has 0 unspecified atom stereocenters. The van der Waals surface area contributed by atoms with E-state index in [1.807, 2.05) is 18.2 Å². The van der Waals surface area contributed by atoms with Crippen molar-refractivity contribution in [1.29, 1.82) is 0 Å². The van der Waals surface area contributed by atoms with Gasteiger partial charge in [0.05, 0.1) is 0 Å². The van der Waals surface area contributed by atoms with Crippen molar-refractivity contribution >= 4 is 34.8 Å². The lowest BCUT2D eigenvalue weighted by atomic mass is 9.97. The van der Waals surface area contributed by atoms with Crippen molar-refractivity contribution < 1.29 is 9.59 Å². The minimum absolute atomic E-state index is 0.0740. The average molecular weight is 447 g/mol. The number of hydrogen-bond donors (Lipinski definition) is 1. The number of nitrogens with zero attached hydrogens (tertiary/aromatic N) is 1. The number of carbonyl (C=O) groups is 2. The number of carbonyl (C=O) groups excluding carboxylic acids is 2. The maximum atomic E-state index is 13.1. The molecule has 3 aromatic carbocycles. The SMILES string of the molecule is CCc1cccc(CC)c1NC(=O)c1ccc2c(c1)CCCN2C(=O)c1cccc(Cl)c1. The summed E-state index contributed by atoms with van der Waals surface area (Å²) in [5, 5.41) is 3.68. The molecule has 0 aromatic heterocycles. The molecule has 2 amide bonds. The fraction of sp³-hybridized carbons (Fsp3) is 0.259. The molecule has 0 atom stereocenters.